The molecule has 3 atom stereocenters. The zero-order chi connectivity index (χ0) is 21.9. The number of rotatable bonds is 6. The minimum absolute atomic E-state index is 0.0374. The van der Waals surface area contributed by atoms with Gasteiger partial charge < -0.3 is 15.4 Å². The Morgan fingerprint density at radius 1 is 1.00 bits per heavy atom. The minimum atomic E-state index is -0.0374. The summed E-state index contributed by atoms with van der Waals surface area (Å²) in [4.78, 5) is 12.8. The number of nitrogens with one attached hydrogen (secondary N) is 2. The topological polar surface area (TPSA) is 50.4 Å². The summed E-state index contributed by atoms with van der Waals surface area (Å²) in [7, 11) is 0. The normalized spacial score (nSPS) is 20.7. The van der Waals surface area contributed by atoms with E-state index in [1.807, 2.05) is 49.4 Å². The van der Waals surface area contributed by atoms with Crippen LogP contribution in [0.15, 0.2) is 84.9 Å². The zero-order valence-electron chi connectivity index (χ0n) is 18.3. The number of benzene rings is 3. The molecule has 1 aliphatic carbocycles. The molecule has 5 rings (SSSR count). The highest BCUT2D eigenvalue weighted by Crippen LogP contribution is 2.51. The van der Waals surface area contributed by atoms with Crippen LogP contribution in [0.25, 0.3) is 0 Å². The molecule has 2 N–H and O–H groups in total. The summed E-state index contributed by atoms with van der Waals surface area (Å²) < 4.78 is 6.29. The minimum Gasteiger partial charge on any atom is -0.489 e. The Morgan fingerprint density at radius 2 is 1.78 bits per heavy atom. The summed E-state index contributed by atoms with van der Waals surface area (Å²) >= 11 is 0. The number of para-hydroxylation sites is 2. The maximum absolute atomic E-state index is 12.8. The van der Waals surface area contributed by atoms with Gasteiger partial charge in [0.2, 0.25) is 0 Å². The van der Waals surface area contributed by atoms with E-state index in [9.17, 15) is 4.79 Å². The van der Waals surface area contributed by atoms with Gasteiger partial charge in [-0.15, -0.1) is 0 Å². The van der Waals surface area contributed by atoms with Crippen LogP contribution >= 0.6 is 0 Å². The molecule has 0 bridgehead atoms. The fraction of sp³-hybridized carbons (Fsp3) is 0.250. The lowest BCUT2D eigenvalue weighted by Crippen LogP contribution is -2.32. The van der Waals surface area contributed by atoms with Crippen LogP contribution in [0.2, 0.25) is 0 Å². The molecule has 1 amide bonds. The average molecular weight is 425 g/mol. The Kier molecular flexibility index (Phi) is 5.68. The van der Waals surface area contributed by atoms with Gasteiger partial charge in [0.1, 0.15) is 12.4 Å². The Hall–Kier alpha value is -3.53. The number of amides is 1. The molecular formula is C28H28N2O2. The molecule has 1 aliphatic heterocycles. The van der Waals surface area contributed by atoms with Gasteiger partial charge in [-0.3, -0.25) is 4.79 Å². The first-order chi connectivity index (χ1) is 15.8. The average Bonchev–Trinajstić information content (AvgIpc) is 3.33. The summed E-state index contributed by atoms with van der Waals surface area (Å²) in [5.41, 5.74) is 5.12. The largest absolute Gasteiger partial charge is 0.489 e. The van der Waals surface area contributed by atoms with E-state index in [0.717, 1.165) is 29.0 Å². The summed E-state index contributed by atoms with van der Waals surface area (Å²) in [6, 6.07) is 24.6. The van der Waals surface area contributed by atoms with Gasteiger partial charge in [-0.2, -0.15) is 0 Å². The molecule has 0 fully saturated rings. The van der Waals surface area contributed by atoms with Crippen molar-refractivity contribution in [3.63, 3.8) is 0 Å². The molecule has 1 heterocycles. The van der Waals surface area contributed by atoms with Gasteiger partial charge in [0.25, 0.3) is 5.91 Å². The van der Waals surface area contributed by atoms with E-state index in [4.69, 9.17) is 4.74 Å². The number of hydrogen-bond donors (Lipinski definition) is 2. The molecule has 32 heavy (non-hydrogen) atoms. The van der Waals surface area contributed by atoms with Crippen LogP contribution in [0.3, 0.4) is 0 Å². The van der Waals surface area contributed by atoms with Crippen molar-refractivity contribution in [2.45, 2.75) is 31.9 Å². The fourth-order valence-electron chi connectivity index (χ4n) is 4.98. The highest BCUT2D eigenvalue weighted by atomic mass is 16.5. The van der Waals surface area contributed by atoms with Gasteiger partial charge in [-0.25, -0.2) is 0 Å². The number of carbonyl (C=O) groups is 1. The lowest BCUT2D eigenvalue weighted by Gasteiger charge is -2.38. The standard InChI is InChI=1S/C28H28N2O2/c1-2-29-28(31)24-16-9-15-22-20-13-8-14-21(20)26(30-27(22)24)23-12-6-7-17-25(23)32-18-19-10-4-3-5-11-19/h3-13,15-17,20-21,26,30H,2,14,18H2,1H3,(H,29,31). The van der Waals surface area contributed by atoms with E-state index in [0.29, 0.717) is 24.6 Å². The highest BCUT2D eigenvalue weighted by molar-refractivity contribution is 6.00. The molecular weight excluding hydrogens is 396 g/mol. The monoisotopic (exact) mass is 424 g/mol. The van der Waals surface area contributed by atoms with E-state index < -0.39 is 0 Å². The van der Waals surface area contributed by atoms with E-state index >= 15 is 0 Å². The summed E-state index contributed by atoms with van der Waals surface area (Å²) in [6.45, 7) is 3.07. The second kappa shape index (κ2) is 8.91. The van der Waals surface area contributed by atoms with Crippen LogP contribution in [0.4, 0.5) is 5.69 Å². The van der Waals surface area contributed by atoms with Crippen molar-refractivity contribution in [1.82, 2.24) is 5.32 Å². The zero-order valence-corrected chi connectivity index (χ0v) is 18.3. The summed E-state index contributed by atoms with van der Waals surface area (Å²) in [5.74, 6) is 1.52. The highest BCUT2D eigenvalue weighted by Gasteiger charge is 2.40. The van der Waals surface area contributed by atoms with Crippen molar-refractivity contribution < 1.29 is 9.53 Å². The van der Waals surface area contributed by atoms with Crippen molar-refractivity contribution in [2.24, 2.45) is 5.92 Å². The Labute approximate surface area is 189 Å². The molecule has 0 saturated heterocycles. The van der Waals surface area contributed by atoms with Crippen LogP contribution in [-0.2, 0) is 6.61 Å². The van der Waals surface area contributed by atoms with Gasteiger partial charge in [-0.1, -0.05) is 72.8 Å². The quantitative estimate of drug-likeness (QED) is 0.489. The van der Waals surface area contributed by atoms with E-state index in [2.05, 4.69) is 53.1 Å². The van der Waals surface area contributed by atoms with Crippen LogP contribution < -0.4 is 15.4 Å². The molecule has 4 nitrogen and oxygen atoms in total. The Morgan fingerprint density at radius 3 is 2.62 bits per heavy atom. The third-order valence-electron chi connectivity index (χ3n) is 6.47. The van der Waals surface area contributed by atoms with Gasteiger partial charge in [0.05, 0.1) is 17.3 Å². The number of fused-ring (bicyclic) bond motifs is 3. The molecule has 0 aromatic heterocycles. The van der Waals surface area contributed by atoms with Crippen LogP contribution in [-0.4, -0.2) is 12.5 Å². The predicted octanol–water partition coefficient (Wildman–Crippen LogP) is 5.84. The molecule has 162 valence electrons. The molecule has 3 unspecified atom stereocenters. The van der Waals surface area contributed by atoms with Gasteiger partial charge in [0.15, 0.2) is 0 Å². The first-order valence-electron chi connectivity index (χ1n) is 11.4. The first kappa shape index (κ1) is 20.4. The van der Waals surface area contributed by atoms with Crippen molar-refractivity contribution in [1.29, 1.82) is 0 Å². The van der Waals surface area contributed by atoms with Crippen molar-refractivity contribution in [2.75, 3.05) is 11.9 Å². The second-order valence-electron chi connectivity index (χ2n) is 8.42. The first-order valence-corrected chi connectivity index (χ1v) is 11.4. The number of ether oxygens (including phenoxy) is 1. The van der Waals surface area contributed by atoms with Gasteiger partial charge in [0, 0.05) is 18.0 Å². The Bertz CT molecular complexity index is 1140. The Balaban J connectivity index is 1.50. The lowest BCUT2D eigenvalue weighted by molar-refractivity contribution is 0.0956. The molecule has 3 aromatic rings. The van der Waals surface area contributed by atoms with E-state index in [-0.39, 0.29) is 17.9 Å². The van der Waals surface area contributed by atoms with Crippen molar-refractivity contribution in [3.05, 3.63) is 107 Å². The molecule has 2 aliphatic rings. The molecule has 4 heteroatoms. The number of allylic oxidation sites excluding steroid dienone is 2. The molecule has 0 radical (unpaired) electrons. The summed E-state index contributed by atoms with van der Waals surface area (Å²) in [6.07, 6.45) is 5.57. The third-order valence-corrected chi connectivity index (χ3v) is 6.47. The van der Waals surface area contributed by atoms with Gasteiger partial charge >= 0.3 is 0 Å². The van der Waals surface area contributed by atoms with Crippen molar-refractivity contribution >= 4 is 11.6 Å². The number of carbonyl (C=O) groups excluding carboxylic acids is 1. The predicted molar refractivity (Wildman–Crippen MR) is 128 cm³/mol. The van der Waals surface area contributed by atoms with Crippen molar-refractivity contribution in [3.8, 4) is 5.75 Å². The maximum Gasteiger partial charge on any atom is 0.253 e. The molecule has 0 spiro atoms. The maximum atomic E-state index is 12.8. The smallest absolute Gasteiger partial charge is 0.253 e. The SMILES string of the molecule is CCNC(=O)c1cccc2c1NC(c1ccccc1OCc1ccccc1)C1CC=CC21. The third kappa shape index (κ3) is 3.77. The second-order valence-corrected chi connectivity index (χ2v) is 8.42. The lowest BCUT2D eigenvalue weighted by atomic mass is 9.76. The van der Waals surface area contributed by atoms with Crippen LogP contribution in [0.5, 0.6) is 5.75 Å². The van der Waals surface area contributed by atoms with Crippen LogP contribution in [0, 0.1) is 5.92 Å². The van der Waals surface area contributed by atoms with Gasteiger partial charge in [-0.05, 0) is 42.5 Å². The molecule has 0 saturated carbocycles. The van der Waals surface area contributed by atoms with E-state index in [1.54, 1.807) is 0 Å². The summed E-state index contributed by atoms with van der Waals surface area (Å²) in [5, 5.41) is 6.70. The molecule has 3 aromatic carbocycles. The van der Waals surface area contributed by atoms with E-state index in [1.165, 1.54) is 5.56 Å². The number of anilines is 1. The number of hydrogen-bond acceptors (Lipinski definition) is 3. The van der Waals surface area contributed by atoms with Crippen LogP contribution in [0.1, 0.15) is 52.4 Å². The fourth-order valence-corrected chi connectivity index (χ4v) is 4.98.